The molecule has 0 saturated carbocycles. The lowest BCUT2D eigenvalue weighted by Gasteiger charge is -2.06. The second kappa shape index (κ2) is 4.83. The fraction of sp³-hybridized carbons (Fsp3) is 0.154. The van der Waals surface area contributed by atoms with Crippen molar-refractivity contribution in [1.82, 2.24) is 9.55 Å². The van der Waals surface area contributed by atoms with Crippen molar-refractivity contribution in [3.8, 4) is 0 Å². The lowest BCUT2D eigenvalue weighted by Crippen LogP contribution is -2.21. The standard InChI is InChI=1S/C13H12N2O3/c1-9-3-2-4-11(14-9)8-15-7-10(13(17)18)5-6-12(15)16/h2-7H,8H2,1H3,(H,17,18). The molecule has 0 atom stereocenters. The van der Waals surface area contributed by atoms with Gasteiger partial charge in [-0.05, 0) is 25.1 Å². The molecule has 2 rings (SSSR count). The number of pyridine rings is 2. The quantitative estimate of drug-likeness (QED) is 0.883. The molecule has 0 aliphatic carbocycles. The van der Waals surface area contributed by atoms with Crippen LogP contribution in [0.15, 0.2) is 41.3 Å². The van der Waals surface area contributed by atoms with E-state index in [-0.39, 0.29) is 17.7 Å². The first kappa shape index (κ1) is 12.0. The Morgan fingerprint density at radius 3 is 2.78 bits per heavy atom. The predicted molar refractivity (Wildman–Crippen MR) is 65.7 cm³/mol. The summed E-state index contributed by atoms with van der Waals surface area (Å²) in [4.78, 5) is 26.7. The van der Waals surface area contributed by atoms with E-state index in [2.05, 4.69) is 4.98 Å². The van der Waals surface area contributed by atoms with Gasteiger partial charge in [0.2, 0.25) is 0 Å². The summed E-state index contributed by atoms with van der Waals surface area (Å²) in [5.41, 5.74) is 1.42. The van der Waals surface area contributed by atoms with E-state index in [1.54, 1.807) is 6.07 Å². The van der Waals surface area contributed by atoms with Crippen molar-refractivity contribution >= 4 is 5.97 Å². The molecule has 5 nitrogen and oxygen atoms in total. The summed E-state index contributed by atoms with van der Waals surface area (Å²) in [7, 11) is 0. The maximum absolute atomic E-state index is 11.6. The molecule has 1 N–H and O–H groups in total. The fourth-order valence-electron chi connectivity index (χ4n) is 1.64. The molecule has 2 aromatic rings. The van der Waals surface area contributed by atoms with Gasteiger partial charge in [0.05, 0.1) is 17.8 Å². The second-order valence-electron chi connectivity index (χ2n) is 3.96. The van der Waals surface area contributed by atoms with Crippen molar-refractivity contribution in [3.05, 3.63) is 63.8 Å². The van der Waals surface area contributed by atoms with Gasteiger partial charge >= 0.3 is 5.97 Å². The fourth-order valence-corrected chi connectivity index (χ4v) is 1.64. The zero-order valence-electron chi connectivity index (χ0n) is 9.83. The van der Waals surface area contributed by atoms with Crippen molar-refractivity contribution in [2.24, 2.45) is 0 Å². The molecule has 5 heteroatoms. The minimum atomic E-state index is -1.05. The van der Waals surface area contributed by atoms with Crippen LogP contribution in [0.5, 0.6) is 0 Å². The van der Waals surface area contributed by atoms with Crippen molar-refractivity contribution < 1.29 is 9.90 Å². The van der Waals surface area contributed by atoms with Gasteiger partial charge in [-0.15, -0.1) is 0 Å². The van der Waals surface area contributed by atoms with Crippen molar-refractivity contribution in [1.29, 1.82) is 0 Å². The molecular formula is C13H12N2O3. The molecule has 0 aliphatic rings. The Bertz CT molecular complexity index is 647. The number of carbonyl (C=O) groups is 1. The van der Waals surface area contributed by atoms with Gasteiger partial charge in [-0.2, -0.15) is 0 Å². The van der Waals surface area contributed by atoms with Gasteiger partial charge in [0.15, 0.2) is 0 Å². The summed E-state index contributed by atoms with van der Waals surface area (Å²) >= 11 is 0. The van der Waals surface area contributed by atoms with E-state index in [0.29, 0.717) is 0 Å². The molecule has 0 aliphatic heterocycles. The number of hydrogen-bond donors (Lipinski definition) is 1. The van der Waals surface area contributed by atoms with Crippen LogP contribution in [0.25, 0.3) is 0 Å². The molecule has 0 amide bonds. The van der Waals surface area contributed by atoms with Crippen LogP contribution in [0.2, 0.25) is 0 Å². The number of carboxylic acid groups (broad SMARTS) is 1. The van der Waals surface area contributed by atoms with E-state index in [1.807, 2.05) is 19.1 Å². The van der Waals surface area contributed by atoms with Gasteiger partial charge in [-0.1, -0.05) is 6.07 Å². The summed E-state index contributed by atoms with van der Waals surface area (Å²) in [6.45, 7) is 2.13. The summed E-state index contributed by atoms with van der Waals surface area (Å²) in [5.74, 6) is -1.05. The minimum Gasteiger partial charge on any atom is -0.478 e. The van der Waals surface area contributed by atoms with Gasteiger partial charge in [-0.3, -0.25) is 9.78 Å². The van der Waals surface area contributed by atoms with E-state index < -0.39 is 5.97 Å². The first-order valence-electron chi connectivity index (χ1n) is 5.42. The maximum atomic E-state index is 11.6. The molecule has 0 aromatic carbocycles. The SMILES string of the molecule is Cc1cccc(Cn2cc(C(=O)O)ccc2=O)n1. The van der Waals surface area contributed by atoms with E-state index in [1.165, 1.54) is 22.9 Å². The molecule has 18 heavy (non-hydrogen) atoms. The van der Waals surface area contributed by atoms with Crippen LogP contribution in [-0.4, -0.2) is 20.6 Å². The Morgan fingerprint density at radius 1 is 1.33 bits per heavy atom. The van der Waals surface area contributed by atoms with E-state index in [4.69, 9.17) is 5.11 Å². The van der Waals surface area contributed by atoms with E-state index in [0.717, 1.165) is 11.4 Å². The van der Waals surface area contributed by atoms with Crippen LogP contribution < -0.4 is 5.56 Å². The Hall–Kier alpha value is -2.43. The number of hydrogen-bond acceptors (Lipinski definition) is 3. The highest BCUT2D eigenvalue weighted by Gasteiger charge is 2.06. The van der Waals surface area contributed by atoms with E-state index in [9.17, 15) is 9.59 Å². The predicted octanol–water partition coefficient (Wildman–Crippen LogP) is 1.30. The first-order chi connectivity index (χ1) is 8.56. The van der Waals surface area contributed by atoms with Gasteiger partial charge in [-0.25, -0.2) is 4.79 Å². The van der Waals surface area contributed by atoms with Gasteiger partial charge < -0.3 is 9.67 Å². The van der Waals surface area contributed by atoms with Gasteiger partial charge in [0, 0.05) is 18.0 Å². The van der Waals surface area contributed by atoms with Crippen LogP contribution in [0, 0.1) is 6.92 Å². The number of nitrogens with zero attached hydrogens (tertiary/aromatic N) is 2. The lowest BCUT2D eigenvalue weighted by molar-refractivity contribution is 0.0696. The third-order valence-corrected chi connectivity index (χ3v) is 2.51. The topological polar surface area (TPSA) is 72.2 Å². The monoisotopic (exact) mass is 244 g/mol. The third kappa shape index (κ3) is 2.63. The first-order valence-corrected chi connectivity index (χ1v) is 5.42. The van der Waals surface area contributed by atoms with E-state index >= 15 is 0 Å². The average molecular weight is 244 g/mol. The number of aryl methyl sites for hydroxylation is 1. The van der Waals surface area contributed by atoms with Crippen molar-refractivity contribution in [3.63, 3.8) is 0 Å². The van der Waals surface area contributed by atoms with Crippen LogP contribution in [0.4, 0.5) is 0 Å². The number of aromatic nitrogens is 2. The molecule has 92 valence electrons. The molecule has 0 saturated heterocycles. The number of carboxylic acids is 1. The largest absolute Gasteiger partial charge is 0.478 e. The molecule has 0 unspecified atom stereocenters. The van der Waals surface area contributed by atoms with Crippen LogP contribution in [0.3, 0.4) is 0 Å². The zero-order chi connectivity index (χ0) is 13.1. The lowest BCUT2D eigenvalue weighted by atomic mass is 10.2. The van der Waals surface area contributed by atoms with Crippen molar-refractivity contribution in [2.45, 2.75) is 13.5 Å². The van der Waals surface area contributed by atoms with Crippen LogP contribution in [0.1, 0.15) is 21.7 Å². The Kier molecular flexibility index (Phi) is 3.23. The number of aromatic carboxylic acids is 1. The molecular weight excluding hydrogens is 232 g/mol. The summed E-state index contributed by atoms with van der Waals surface area (Å²) in [6.07, 6.45) is 1.33. The highest BCUT2D eigenvalue weighted by Crippen LogP contribution is 2.02. The zero-order valence-corrected chi connectivity index (χ0v) is 9.83. The molecule has 0 bridgehead atoms. The molecule has 0 fully saturated rings. The Balaban J connectivity index is 2.37. The molecule has 2 aromatic heterocycles. The van der Waals surface area contributed by atoms with Gasteiger partial charge in [0.1, 0.15) is 0 Å². The molecule has 0 spiro atoms. The van der Waals surface area contributed by atoms with Gasteiger partial charge in [0.25, 0.3) is 5.56 Å². The second-order valence-corrected chi connectivity index (χ2v) is 3.96. The van der Waals surface area contributed by atoms with Crippen LogP contribution in [-0.2, 0) is 6.54 Å². The Morgan fingerprint density at radius 2 is 2.11 bits per heavy atom. The molecule has 2 heterocycles. The highest BCUT2D eigenvalue weighted by atomic mass is 16.4. The summed E-state index contributed by atoms with van der Waals surface area (Å²) in [5, 5.41) is 8.88. The average Bonchev–Trinajstić information content (AvgIpc) is 2.31. The summed E-state index contributed by atoms with van der Waals surface area (Å²) in [6, 6.07) is 8.06. The summed E-state index contributed by atoms with van der Waals surface area (Å²) < 4.78 is 1.34. The van der Waals surface area contributed by atoms with Crippen LogP contribution >= 0.6 is 0 Å². The highest BCUT2D eigenvalue weighted by molar-refractivity contribution is 5.87. The normalized spacial score (nSPS) is 10.3. The molecule has 0 radical (unpaired) electrons. The minimum absolute atomic E-state index is 0.0854. The maximum Gasteiger partial charge on any atom is 0.337 e. The third-order valence-electron chi connectivity index (χ3n) is 2.51. The van der Waals surface area contributed by atoms with Crippen molar-refractivity contribution in [2.75, 3.05) is 0 Å². The number of rotatable bonds is 3. The Labute approximate surface area is 103 Å². The smallest absolute Gasteiger partial charge is 0.337 e.